The number of ether oxygens (including phenoxy) is 4. The van der Waals surface area contributed by atoms with Gasteiger partial charge in [-0.25, -0.2) is 0 Å². The van der Waals surface area contributed by atoms with Gasteiger partial charge in [0.05, 0.1) is 39.6 Å². The van der Waals surface area contributed by atoms with Crippen molar-refractivity contribution in [3.8, 4) is 0 Å². The van der Waals surface area contributed by atoms with Crippen LogP contribution in [0.1, 0.15) is 41.0 Å². The number of carbonyl (C=O) groups is 2. The quantitative estimate of drug-likeness (QED) is 0.384. The van der Waals surface area contributed by atoms with E-state index in [1.807, 2.05) is 20.8 Å². The summed E-state index contributed by atoms with van der Waals surface area (Å²) in [6, 6.07) is 0. The Balaban J connectivity index is 0. The minimum Gasteiger partial charge on any atom is -0.377 e. The zero-order valence-corrected chi connectivity index (χ0v) is 17.5. The normalized spacial score (nSPS) is 10.4. The molecule has 0 aromatic carbocycles. The van der Waals surface area contributed by atoms with Crippen molar-refractivity contribution in [3.05, 3.63) is 0 Å². The van der Waals surface area contributed by atoms with Crippen LogP contribution in [0.25, 0.3) is 0 Å². The third-order valence-electron chi connectivity index (χ3n) is 3.06. The third-order valence-corrected chi connectivity index (χ3v) is 3.06. The van der Waals surface area contributed by atoms with Gasteiger partial charge in [0, 0.05) is 20.0 Å². The Morgan fingerprint density at radius 1 is 0.808 bits per heavy atom. The molecule has 0 aliphatic heterocycles. The predicted octanol–water partition coefficient (Wildman–Crippen LogP) is 2.17. The van der Waals surface area contributed by atoms with Gasteiger partial charge in [0.25, 0.3) is 0 Å². The summed E-state index contributed by atoms with van der Waals surface area (Å²) in [5, 5.41) is 0. The van der Waals surface area contributed by atoms with Crippen LogP contribution in [0.4, 0.5) is 0 Å². The van der Waals surface area contributed by atoms with Crippen molar-refractivity contribution in [2.45, 2.75) is 41.0 Å². The number of hydrogen-bond acceptors (Lipinski definition) is 6. The molecule has 0 aliphatic carbocycles. The molecule has 1 amide bonds. The molecule has 156 valence electrons. The summed E-state index contributed by atoms with van der Waals surface area (Å²) in [4.78, 5) is 24.4. The van der Waals surface area contributed by atoms with Gasteiger partial charge in [0.15, 0.2) is 5.78 Å². The first-order valence-electron chi connectivity index (χ1n) is 9.54. The van der Waals surface area contributed by atoms with E-state index in [1.165, 1.54) is 0 Å². The zero-order chi connectivity index (χ0) is 20.2. The van der Waals surface area contributed by atoms with Gasteiger partial charge in [0.2, 0.25) is 5.91 Å². The van der Waals surface area contributed by atoms with Gasteiger partial charge in [-0.3, -0.25) is 9.59 Å². The van der Waals surface area contributed by atoms with Gasteiger partial charge >= 0.3 is 0 Å². The molecule has 0 aromatic heterocycles. The molecule has 0 aromatic rings. The molecule has 0 aliphatic rings. The van der Waals surface area contributed by atoms with Crippen molar-refractivity contribution in [1.29, 1.82) is 0 Å². The van der Waals surface area contributed by atoms with Crippen molar-refractivity contribution >= 4 is 11.7 Å². The molecule has 0 rings (SSSR count). The Bertz CT molecular complexity index is 336. The molecule has 0 spiro atoms. The number of ketones is 1. The first-order chi connectivity index (χ1) is 12.5. The van der Waals surface area contributed by atoms with E-state index in [9.17, 15) is 9.59 Å². The van der Waals surface area contributed by atoms with E-state index in [4.69, 9.17) is 18.9 Å². The molecule has 0 saturated heterocycles. The molecule has 0 atom stereocenters. The van der Waals surface area contributed by atoms with Crippen molar-refractivity contribution in [1.82, 2.24) is 4.90 Å². The summed E-state index contributed by atoms with van der Waals surface area (Å²) >= 11 is 0. The lowest BCUT2D eigenvalue weighted by Gasteiger charge is -2.19. The van der Waals surface area contributed by atoms with Crippen LogP contribution in [0.5, 0.6) is 0 Å². The smallest absolute Gasteiger partial charge is 0.248 e. The van der Waals surface area contributed by atoms with Crippen molar-refractivity contribution < 1.29 is 28.5 Å². The monoisotopic (exact) mass is 377 g/mol. The molecular formula is C19H39NO6. The number of amides is 1. The molecule has 7 nitrogen and oxygen atoms in total. The Hall–Kier alpha value is -1.02. The van der Waals surface area contributed by atoms with E-state index in [2.05, 4.69) is 13.8 Å². The second-order valence-corrected chi connectivity index (χ2v) is 5.89. The van der Waals surface area contributed by atoms with Crippen LogP contribution in [0.3, 0.4) is 0 Å². The minimum absolute atomic E-state index is 0.0198. The Morgan fingerprint density at radius 3 is 1.65 bits per heavy atom. The predicted molar refractivity (Wildman–Crippen MR) is 102 cm³/mol. The van der Waals surface area contributed by atoms with Crippen LogP contribution in [-0.2, 0) is 28.5 Å². The first kappa shape index (κ1) is 27.2. The topological polar surface area (TPSA) is 74.3 Å². The highest BCUT2D eigenvalue weighted by Crippen LogP contribution is 1.96. The van der Waals surface area contributed by atoms with Crippen LogP contribution in [-0.4, -0.2) is 83.0 Å². The maximum Gasteiger partial charge on any atom is 0.248 e. The van der Waals surface area contributed by atoms with Gasteiger partial charge < -0.3 is 23.8 Å². The second kappa shape index (κ2) is 20.3. The van der Waals surface area contributed by atoms with E-state index in [-0.39, 0.29) is 24.9 Å². The fraction of sp³-hybridized carbons (Fsp3) is 0.895. The SMILES string of the molecule is CC.CCC(=O)COCCOCCOCCOCC(=O)N(C)CC(C)C. The van der Waals surface area contributed by atoms with Crippen molar-refractivity contribution in [2.24, 2.45) is 5.92 Å². The molecule has 0 saturated carbocycles. The number of nitrogens with zero attached hydrogens (tertiary/aromatic N) is 1. The Morgan fingerprint density at radius 2 is 1.23 bits per heavy atom. The van der Waals surface area contributed by atoms with Crippen LogP contribution >= 0.6 is 0 Å². The summed E-state index contributed by atoms with van der Waals surface area (Å²) < 4.78 is 21.1. The highest BCUT2D eigenvalue weighted by Gasteiger charge is 2.09. The lowest BCUT2D eigenvalue weighted by molar-refractivity contribution is -0.135. The van der Waals surface area contributed by atoms with Crippen molar-refractivity contribution in [2.75, 3.05) is 66.4 Å². The van der Waals surface area contributed by atoms with E-state index in [0.29, 0.717) is 52.0 Å². The van der Waals surface area contributed by atoms with E-state index < -0.39 is 0 Å². The van der Waals surface area contributed by atoms with E-state index >= 15 is 0 Å². The average Bonchev–Trinajstić information content (AvgIpc) is 2.63. The second-order valence-electron chi connectivity index (χ2n) is 5.89. The third kappa shape index (κ3) is 19.3. The summed E-state index contributed by atoms with van der Waals surface area (Å²) in [6.45, 7) is 13.5. The lowest BCUT2D eigenvalue weighted by atomic mass is 10.2. The molecular weight excluding hydrogens is 338 g/mol. The Kier molecular flexibility index (Phi) is 21.2. The standard InChI is InChI=1S/C17H33NO6.C2H6/c1-5-16(19)13-23-10-8-21-6-7-22-9-11-24-14-17(20)18(4)12-15(2)3;1-2/h15H,5-14H2,1-4H3;1-2H3. The first-order valence-corrected chi connectivity index (χ1v) is 9.54. The molecule has 26 heavy (non-hydrogen) atoms. The molecule has 0 unspecified atom stereocenters. The highest BCUT2D eigenvalue weighted by atomic mass is 16.6. The minimum atomic E-state index is -0.0198. The average molecular weight is 378 g/mol. The lowest BCUT2D eigenvalue weighted by Crippen LogP contribution is -2.33. The zero-order valence-electron chi connectivity index (χ0n) is 17.5. The number of Topliss-reactive ketones (excluding diaryl/α,β-unsaturated/α-hetero) is 1. The largest absolute Gasteiger partial charge is 0.377 e. The Labute approximate surface area is 159 Å². The van der Waals surface area contributed by atoms with Gasteiger partial charge in [-0.05, 0) is 5.92 Å². The van der Waals surface area contributed by atoms with Gasteiger partial charge in [-0.1, -0.05) is 34.6 Å². The molecule has 0 radical (unpaired) electrons. The van der Waals surface area contributed by atoms with Gasteiger partial charge in [-0.15, -0.1) is 0 Å². The number of rotatable bonds is 16. The number of hydrogen-bond donors (Lipinski definition) is 0. The molecule has 0 N–H and O–H groups in total. The fourth-order valence-corrected chi connectivity index (χ4v) is 1.76. The van der Waals surface area contributed by atoms with Crippen LogP contribution in [0.2, 0.25) is 0 Å². The van der Waals surface area contributed by atoms with Crippen molar-refractivity contribution in [3.63, 3.8) is 0 Å². The highest BCUT2D eigenvalue weighted by molar-refractivity contribution is 5.79. The maximum absolute atomic E-state index is 11.7. The van der Waals surface area contributed by atoms with Gasteiger partial charge in [-0.2, -0.15) is 0 Å². The number of likely N-dealkylation sites (N-methyl/N-ethyl adjacent to an activating group) is 1. The van der Waals surface area contributed by atoms with Crippen LogP contribution in [0.15, 0.2) is 0 Å². The van der Waals surface area contributed by atoms with Crippen LogP contribution in [0, 0.1) is 5.92 Å². The summed E-state index contributed by atoms with van der Waals surface area (Å²) in [6.07, 6.45) is 0.496. The summed E-state index contributed by atoms with van der Waals surface area (Å²) in [5.41, 5.74) is 0. The molecule has 0 fully saturated rings. The molecule has 7 heteroatoms. The van der Waals surface area contributed by atoms with E-state index in [0.717, 1.165) is 6.54 Å². The maximum atomic E-state index is 11.7. The van der Waals surface area contributed by atoms with Crippen LogP contribution < -0.4 is 0 Å². The molecule has 0 bridgehead atoms. The number of carbonyl (C=O) groups excluding carboxylic acids is 2. The summed E-state index contributed by atoms with van der Waals surface area (Å²) in [5.74, 6) is 0.514. The summed E-state index contributed by atoms with van der Waals surface area (Å²) in [7, 11) is 1.78. The van der Waals surface area contributed by atoms with Gasteiger partial charge in [0.1, 0.15) is 13.2 Å². The fourth-order valence-electron chi connectivity index (χ4n) is 1.76. The molecule has 0 heterocycles. The van der Waals surface area contributed by atoms with E-state index in [1.54, 1.807) is 11.9 Å².